The summed E-state index contributed by atoms with van der Waals surface area (Å²) in [6, 6.07) is 0. The molecule has 0 radical (unpaired) electrons. The normalized spacial score (nSPS) is 11.8. The van der Waals surface area contributed by atoms with E-state index in [0.29, 0.717) is 37.2 Å². The van der Waals surface area contributed by atoms with E-state index in [2.05, 4.69) is 14.7 Å². The van der Waals surface area contributed by atoms with E-state index in [1.807, 2.05) is 0 Å². The van der Waals surface area contributed by atoms with Gasteiger partial charge in [0.15, 0.2) is 0 Å². The Labute approximate surface area is 98.9 Å². The summed E-state index contributed by atoms with van der Waals surface area (Å²) in [5.41, 5.74) is 0. The molecule has 0 aliphatic heterocycles. The third-order valence-corrected chi connectivity index (χ3v) is 2.25. The maximum absolute atomic E-state index is 12.1. The highest BCUT2D eigenvalue weighted by Crippen LogP contribution is 2.28. The van der Waals surface area contributed by atoms with Gasteiger partial charge in [0.2, 0.25) is 11.0 Å². The molecule has 0 bridgehead atoms. The molecule has 0 amide bonds. The lowest BCUT2D eigenvalue weighted by Crippen LogP contribution is -2.11. The molecule has 0 fully saturated rings. The Balaban J connectivity index is 2.30. The summed E-state index contributed by atoms with van der Waals surface area (Å²) in [6.07, 6.45) is -4.49. The first-order valence-corrected chi connectivity index (χ1v) is 5.63. The molecule has 0 saturated carbocycles. The van der Waals surface area contributed by atoms with Crippen LogP contribution in [0.5, 0.6) is 0 Å². The van der Waals surface area contributed by atoms with Crippen molar-refractivity contribution >= 4 is 28.3 Å². The van der Waals surface area contributed by atoms with Crippen LogP contribution in [-0.2, 0) is 10.9 Å². The molecular weight excluding hydrogens is 267 g/mol. The number of nitrogens with one attached hydrogen (secondary N) is 1. The maximum Gasteiger partial charge on any atom is 0.452 e. The predicted molar refractivity (Wildman–Crippen MR) is 54.9 cm³/mol. The van der Waals surface area contributed by atoms with Crippen molar-refractivity contribution < 1.29 is 17.9 Å². The van der Waals surface area contributed by atoms with E-state index in [0.717, 1.165) is 0 Å². The SMILES string of the molecule is FC(F)(F)c1nsc(NCCOCCCl)n1. The number of rotatable bonds is 6. The molecule has 1 aromatic heterocycles. The van der Waals surface area contributed by atoms with Gasteiger partial charge in [-0.3, -0.25) is 0 Å². The molecule has 1 aromatic rings. The molecule has 0 aromatic carbocycles. The second-order valence-corrected chi connectivity index (χ2v) is 3.78. The molecule has 0 aliphatic rings. The van der Waals surface area contributed by atoms with Crippen LogP contribution < -0.4 is 5.32 Å². The molecule has 1 N–H and O–H groups in total. The smallest absolute Gasteiger partial charge is 0.378 e. The van der Waals surface area contributed by atoms with Gasteiger partial charge in [0.25, 0.3) is 0 Å². The van der Waals surface area contributed by atoms with Crippen LogP contribution >= 0.6 is 23.1 Å². The van der Waals surface area contributed by atoms with Crippen LogP contribution in [0.2, 0.25) is 0 Å². The van der Waals surface area contributed by atoms with Gasteiger partial charge < -0.3 is 10.1 Å². The first-order chi connectivity index (χ1) is 7.54. The molecule has 1 heterocycles. The van der Waals surface area contributed by atoms with Gasteiger partial charge in [-0.15, -0.1) is 11.6 Å². The molecule has 0 unspecified atom stereocenters. The summed E-state index contributed by atoms with van der Waals surface area (Å²) < 4.78 is 44.5. The second-order valence-electron chi connectivity index (χ2n) is 2.65. The van der Waals surface area contributed by atoms with Crippen LogP contribution in [-0.4, -0.2) is 35.0 Å². The van der Waals surface area contributed by atoms with Gasteiger partial charge in [-0.2, -0.15) is 22.5 Å². The highest BCUT2D eigenvalue weighted by atomic mass is 35.5. The number of halogens is 4. The standard InChI is InChI=1S/C7H9ClF3N3OS/c8-1-3-15-4-2-12-6-13-5(14-16-6)7(9,10)11/h1-4H2,(H,12,13,14). The fourth-order valence-corrected chi connectivity index (χ4v) is 1.52. The fraction of sp³-hybridized carbons (Fsp3) is 0.714. The Hall–Kier alpha value is -0.600. The Morgan fingerprint density at radius 1 is 1.38 bits per heavy atom. The monoisotopic (exact) mass is 275 g/mol. The molecule has 0 saturated heterocycles. The van der Waals surface area contributed by atoms with E-state index in [-0.39, 0.29) is 5.13 Å². The molecule has 1 rings (SSSR count). The van der Waals surface area contributed by atoms with Crippen LogP contribution in [0.3, 0.4) is 0 Å². The van der Waals surface area contributed by atoms with Crippen LogP contribution in [0, 0.1) is 0 Å². The zero-order chi connectivity index (χ0) is 12.0. The minimum atomic E-state index is -4.49. The number of alkyl halides is 4. The van der Waals surface area contributed by atoms with Gasteiger partial charge >= 0.3 is 6.18 Å². The largest absolute Gasteiger partial charge is 0.452 e. The van der Waals surface area contributed by atoms with E-state index in [4.69, 9.17) is 16.3 Å². The number of ether oxygens (including phenoxy) is 1. The molecule has 9 heteroatoms. The van der Waals surface area contributed by atoms with Crippen LogP contribution in [0.1, 0.15) is 5.82 Å². The lowest BCUT2D eigenvalue weighted by atomic mass is 10.6. The number of hydrogen-bond donors (Lipinski definition) is 1. The first kappa shape index (κ1) is 13.5. The lowest BCUT2D eigenvalue weighted by Gasteiger charge is -2.02. The van der Waals surface area contributed by atoms with Crippen molar-refractivity contribution in [3.8, 4) is 0 Å². The summed E-state index contributed by atoms with van der Waals surface area (Å²) in [6.45, 7) is 1.13. The first-order valence-electron chi connectivity index (χ1n) is 4.32. The molecule has 0 aliphatic carbocycles. The number of hydrogen-bond acceptors (Lipinski definition) is 5. The summed E-state index contributed by atoms with van der Waals surface area (Å²) in [4.78, 5) is 3.29. The van der Waals surface area contributed by atoms with Crippen molar-refractivity contribution in [3.05, 3.63) is 5.82 Å². The van der Waals surface area contributed by atoms with Gasteiger partial charge in [0.05, 0.1) is 13.2 Å². The highest BCUT2D eigenvalue weighted by Gasteiger charge is 2.35. The van der Waals surface area contributed by atoms with E-state index in [9.17, 15) is 13.2 Å². The molecular formula is C7H9ClF3N3OS. The third kappa shape index (κ3) is 4.50. The van der Waals surface area contributed by atoms with E-state index < -0.39 is 12.0 Å². The number of nitrogens with zero attached hydrogens (tertiary/aromatic N) is 2. The van der Waals surface area contributed by atoms with Gasteiger partial charge in [0, 0.05) is 24.0 Å². The zero-order valence-corrected chi connectivity index (χ0v) is 9.62. The van der Waals surface area contributed by atoms with Crippen molar-refractivity contribution in [2.75, 3.05) is 31.0 Å². The average molecular weight is 276 g/mol. The van der Waals surface area contributed by atoms with Gasteiger partial charge in [-0.25, -0.2) is 0 Å². The topological polar surface area (TPSA) is 47.0 Å². The Kier molecular flexibility index (Phi) is 5.23. The van der Waals surface area contributed by atoms with Crippen molar-refractivity contribution in [1.29, 1.82) is 0 Å². The lowest BCUT2D eigenvalue weighted by molar-refractivity contribution is -0.144. The van der Waals surface area contributed by atoms with Gasteiger partial charge in [0.1, 0.15) is 0 Å². The van der Waals surface area contributed by atoms with E-state index in [1.54, 1.807) is 0 Å². The average Bonchev–Trinajstić information content (AvgIpc) is 2.65. The molecule has 4 nitrogen and oxygen atoms in total. The van der Waals surface area contributed by atoms with Crippen molar-refractivity contribution in [1.82, 2.24) is 9.36 Å². The minimum absolute atomic E-state index is 0.127. The van der Waals surface area contributed by atoms with Crippen molar-refractivity contribution in [2.45, 2.75) is 6.18 Å². The van der Waals surface area contributed by atoms with E-state index in [1.165, 1.54) is 0 Å². The van der Waals surface area contributed by atoms with Crippen LogP contribution in [0.15, 0.2) is 0 Å². The zero-order valence-electron chi connectivity index (χ0n) is 8.05. The third-order valence-electron chi connectivity index (χ3n) is 1.42. The summed E-state index contributed by atoms with van der Waals surface area (Å²) in [7, 11) is 0. The number of anilines is 1. The Bertz CT molecular complexity index is 320. The fourth-order valence-electron chi connectivity index (χ4n) is 0.797. The molecule has 0 spiro atoms. The number of aromatic nitrogens is 2. The van der Waals surface area contributed by atoms with Crippen molar-refractivity contribution in [3.63, 3.8) is 0 Å². The quantitative estimate of drug-likeness (QED) is 0.639. The van der Waals surface area contributed by atoms with Gasteiger partial charge in [-0.05, 0) is 0 Å². The molecule has 16 heavy (non-hydrogen) atoms. The second kappa shape index (κ2) is 6.21. The minimum Gasteiger partial charge on any atom is -0.378 e. The summed E-state index contributed by atoms with van der Waals surface area (Å²) >= 11 is 6.03. The van der Waals surface area contributed by atoms with Crippen LogP contribution in [0.25, 0.3) is 0 Å². The van der Waals surface area contributed by atoms with Gasteiger partial charge in [-0.1, -0.05) is 0 Å². The highest BCUT2D eigenvalue weighted by molar-refractivity contribution is 7.09. The summed E-state index contributed by atoms with van der Waals surface area (Å²) in [5, 5.41) is 2.80. The molecule has 0 atom stereocenters. The molecule has 92 valence electrons. The Morgan fingerprint density at radius 2 is 2.12 bits per heavy atom. The van der Waals surface area contributed by atoms with Crippen LogP contribution in [0.4, 0.5) is 18.3 Å². The Morgan fingerprint density at radius 3 is 2.69 bits per heavy atom. The van der Waals surface area contributed by atoms with E-state index >= 15 is 0 Å². The summed E-state index contributed by atoms with van der Waals surface area (Å²) in [5.74, 6) is -0.738. The van der Waals surface area contributed by atoms with Crippen molar-refractivity contribution in [2.24, 2.45) is 0 Å². The predicted octanol–water partition coefficient (Wildman–Crippen LogP) is 2.22. The maximum atomic E-state index is 12.1.